The van der Waals surface area contributed by atoms with Gasteiger partial charge in [0.05, 0.1) is 0 Å². The summed E-state index contributed by atoms with van der Waals surface area (Å²) in [5.74, 6) is -0.717. The Morgan fingerprint density at radius 3 is 2.20 bits per heavy atom. The average molecular weight is 293 g/mol. The Morgan fingerprint density at radius 1 is 1.30 bits per heavy atom. The van der Waals surface area contributed by atoms with Crippen LogP contribution in [0.5, 0.6) is 0 Å². The minimum absolute atomic E-state index is 0.0509. The number of nitrogens with zero attached hydrogens (tertiary/aromatic N) is 2. The molecule has 8 heteroatoms. The van der Waals surface area contributed by atoms with Gasteiger partial charge in [0.2, 0.25) is 5.91 Å². The van der Waals surface area contributed by atoms with E-state index >= 15 is 0 Å². The zero-order valence-corrected chi connectivity index (χ0v) is 11.3. The van der Waals surface area contributed by atoms with Crippen molar-refractivity contribution in [2.75, 3.05) is 0 Å². The van der Waals surface area contributed by atoms with E-state index in [0.717, 1.165) is 11.3 Å². The zero-order chi connectivity index (χ0) is 15.1. The Bertz CT molecular complexity index is 592. The van der Waals surface area contributed by atoms with Crippen molar-refractivity contribution in [3.63, 3.8) is 0 Å². The lowest BCUT2D eigenvalue weighted by molar-refractivity contribution is -0.384. The highest BCUT2D eigenvalue weighted by Gasteiger charge is 2.09. The predicted octanol–water partition coefficient (Wildman–Crippen LogP) is 2.04. The van der Waals surface area contributed by atoms with Crippen LogP contribution in [0.2, 0.25) is 0 Å². The van der Waals surface area contributed by atoms with Gasteiger partial charge in [-0.15, -0.1) is 0 Å². The minimum atomic E-state index is -0.569. The Hall–Kier alpha value is -2.61. The molecular weight excluding hydrogens is 282 g/mol. The van der Waals surface area contributed by atoms with E-state index in [1.54, 1.807) is 29.6 Å². The number of primary amides is 1. The monoisotopic (exact) mass is 293 g/mol. The SMILES string of the molecule is CC(=O)c1ccccc1C(N)=O.O=[N+]([O-])c1nccs1. The van der Waals surface area contributed by atoms with E-state index < -0.39 is 10.8 Å². The number of amides is 1. The molecule has 1 aromatic carbocycles. The average Bonchev–Trinajstić information content (AvgIpc) is 2.93. The summed E-state index contributed by atoms with van der Waals surface area (Å²) >= 11 is 1.02. The van der Waals surface area contributed by atoms with Crippen LogP contribution in [0.25, 0.3) is 0 Å². The Kier molecular flexibility index (Phi) is 5.48. The van der Waals surface area contributed by atoms with E-state index in [1.165, 1.54) is 13.1 Å². The molecule has 0 bridgehead atoms. The van der Waals surface area contributed by atoms with Crippen LogP contribution in [0, 0.1) is 10.1 Å². The summed E-state index contributed by atoms with van der Waals surface area (Å²) in [7, 11) is 0. The van der Waals surface area contributed by atoms with Crippen LogP contribution in [0.15, 0.2) is 35.8 Å². The van der Waals surface area contributed by atoms with Crippen molar-refractivity contribution in [3.8, 4) is 0 Å². The lowest BCUT2D eigenvalue weighted by Crippen LogP contribution is -2.15. The molecule has 0 aliphatic heterocycles. The number of thiazole rings is 1. The fourth-order valence-corrected chi connectivity index (χ4v) is 1.76. The highest BCUT2D eigenvalue weighted by Crippen LogP contribution is 2.12. The largest absolute Gasteiger partial charge is 0.423 e. The molecule has 0 fully saturated rings. The molecule has 2 aromatic rings. The molecule has 104 valence electrons. The van der Waals surface area contributed by atoms with Crippen LogP contribution in [0.4, 0.5) is 5.13 Å². The van der Waals surface area contributed by atoms with E-state index in [-0.39, 0.29) is 16.5 Å². The van der Waals surface area contributed by atoms with Crippen molar-refractivity contribution >= 4 is 28.2 Å². The van der Waals surface area contributed by atoms with Gasteiger partial charge >= 0.3 is 5.13 Å². The Labute approximate surface area is 118 Å². The van der Waals surface area contributed by atoms with E-state index in [0.29, 0.717) is 5.56 Å². The van der Waals surface area contributed by atoms with Crippen molar-refractivity contribution in [3.05, 3.63) is 57.1 Å². The number of hydrogen-bond acceptors (Lipinski definition) is 6. The van der Waals surface area contributed by atoms with Crippen molar-refractivity contribution in [2.45, 2.75) is 6.92 Å². The van der Waals surface area contributed by atoms with E-state index in [1.807, 2.05) is 0 Å². The number of ketones is 1. The molecule has 20 heavy (non-hydrogen) atoms. The first kappa shape index (κ1) is 15.4. The first-order chi connectivity index (χ1) is 9.43. The van der Waals surface area contributed by atoms with Gasteiger partial charge in [0.25, 0.3) is 0 Å². The van der Waals surface area contributed by atoms with Gasteiger partial charge in [-0.05, 0) is 34.2 Å². The number of nitrogens with two attached hydrogens (primary N) is 1. The zero-order valence-electron chi connectivity index (χ0n) is 10.5. The first-order valence-electron chi connectivity index (χ1n) is 5.37. The fourth-order valence-electron chi connectivity index (χ4n) is 1.31. The molecular formula is C12H11N3O4S. The van der Waals surface area contributed by atoms with Gasteiger partial charge in [-0.3, -0.25) is 9.59 Å². The molecule has 0 atom stereocenters. The highest BCUT2D eigenvalue weighted by atomic mass is 32.1. The standard InChI is InChI=1S/C9H9NO2.C3H2N2O2S/c1-6(11)7-4-2-3-5-8(7)9(10)12;6-5(7)3-4-1-2-8-3/h2-5H,1H3,(H2,10,12);1-2H. The first-order valence-corrected chi connectivity index (χ1v) is 6.25. The van der Waals surface area contributed by atoms with Crippen LogP contribution in [-0.4, -0.2) is 21.6 Å². The fraction of sp³-hybridized carbons (Fsp3) is 0.0833. The van der Waals surface area contributed by atoms with E-state index in [2.05, 4.69) is 4.98 Å². The normalized spacial score (nSPS) is 9.25. The third kappa shape index (κ3) is 4.25. The van der Waals surface area contributed by atoms with Gasteiger partial charge in [-0.2, -0.15) is 0 Å². The predicted molar refractivity (Wildman–Crippen MR) is 73.7 cm³/mol. The van der Waals surface area contributed by atoms with Crippen molar-refractivity contribution in [2.24, 2.45) is 5.73 Å². The van der Waals surface area contributed by atoms with Crippen molar-refractivity contribution in [1.82, 2.24) is 4.98 Å². The molecule has 0 saturated heterocycles. The van der Waals surface area contributed by atoms with Gasteiger partial charge in [0, 0.05) is 16.5 Å². The molecule has 1 amide bonds. The summed E-state index contributed by atoms with van der Waals surface area (Å²) < 4.78 is 0. The van der Waals surface area contributed by atoms with Gasteiger partial charge in [0.1, 0.15) is 0 Å². The molecule has 0 saturated carbocycles. The van der Waals surface area contributed by atoms with Crippen LogP contribution in [0.3, 0.4) is 0 Å². The second-order valence-electron chi connectivity index (χ2n) is 3.54. The summed E-state index contributed by atoms with van der Waals surface area (Å²) in [5, 5.41) is 11.3. The summed E-state index contributed by atoms with van der Waals surface area (Å²) in [5.41, 5.74) is 5.72. The molecule has 2 rings (SSSR count). The number of rotatable bonds is 3. The summed E-state index contributed by atoms with van der Waals surface area (Å²) in [6.45, 7) is 1.40. The molecule has 0 aliphatic rings. The maximum atomic E-state index is 11.0. The number of nitro groups is 1. The lowest BCUT2D eigenvalue weighted by Gasteiger charge is -2.00. The second-order valence-corrected chi connectivity index (χ2v) is 4.41. The molecule has 1 aromatic heterocycles. The molecule has 7 nitrogen and oxygen atoms in total. The second kappa shape index (κ2) is 7.10. The summed E-state index contributed by atoms with van der Waals surface area (Å²) in [6, 6.07) is 6.50. The summed E-state index contributed by atoms with van der Waals surface area (Å²) in [6.07, 6.45) is 1.41. The van der Waals surface area contributed by atoms with Gasteiger partial charge in [-0.25, -0.2) is 0 Å². The Balaban J connectivity index is 0.000000217. The number of aromatic nitrogens is 1. The van der Waals surface area contributed by atoms with Gasteiger partial charge < -0.3 is 15.8 Å². The third-order valence-electron chi connectivity index (χ3n) is 2.15. The van der Waals surface area contributed by atoms with Gasteiger partial charge in [-0.1, -0.05) is 18.2 Å². The van der Waals surface area contributed by atoms with Crippen LogP contribution in [-0.2, 0) is 0 Å². The van der Waals surface area contributed by atoms with Crippen molar-refractivity contribution < 1.29 is 14.5 Å². The van der Waals surface area contributed by atoms with Crippen LogP contribution in [0.1, 0.15) is 27.6 Å². The topological polar surface area (TPSA) is 116 Å². The maximum absolute atomic E-state index is 11.0. The van der Waals surface area contributed by atoms with Gasteiger partial charge in [0.15, 0.2) is 12.0 Å². The molecule has 0 aliphatic carbocycles. The number of Topliss-reactive ketones (excluding diaryl/α,β-unsaturated/α-hetero) is 1. The number of carbonyl (C=O) groups is 2. The quantitative estimate of drug-likeness (QED) is 0.528. The smallest absolute Gasteiger partial charge is 0.366 e. The summed E-state index contributed by atoms with van der Waals surface area (Å²) in [4.78, 5) is 34.5. The molecule has 0 unspecified atom stereocenters. The molecule has 2 N–H and O–H groups in total. The number of benzene rings is 1. The Morgan fingerprint density at radius 2 is 1.90 bits per heavy atom. The number of carbonyl (C=O) groups excluding carboxylic acids is 2. The minimum Gasteiger partial charge on any atom is -0.366 e. The van der Waals surface area contributed by atoms with E-state index in [9.17, 15) is 19.7 Å². The molecule has 1 heterocycles. The third-order valence-corrected chi connectivity index (χ3v) is 2.87. The number of hydrogen-bond donors (Lipinski definition) is 1. The maximum Gasteiger partial charge on any atom is 0.423 e. The molecule has 0 spiro atoms. The highest BCUT2D eigenvalue weighted by molar-refractivity contribution is 7.12. The van der Waals surface area contributed by atoms with Crippen LogP contribution < -0.4 is 5.73 Å². The molecule has 0 radical (unpaired) electrons. The van der Waals surface area contributed by atoms with E-state index in [4.69, 9.17) is 5.73 Å². The van der Waals surface area contributed by atoms with Crippen LogP contribution >= 0.6 is 11.3 Å². The van der Waals surface area contributed by atoms with Crippen molar-refractivity contribution in [1.29, 1.82) is 0 Å². The lowest BCUT2D eigenvalue weighted by atomic mass is 10.0.